The number of aromatic amines is 1. The second-order valence-electron chi connectivity index (χ2n) is 7.56. The normalized spacial score (nSPS) is 15.1. The molecule has 0 radical (unpaired) electrons. The van der Waals surface area contributed by atoms with Gasteiger partial charge in [0.25, 0.3) is 0 Å². The molecule has 5 rings (SSSR count). The third-order valence-corrected chi connectivity index (χ3v) is 7.23. The van der Waals surface area contributed by atoms with Gasteiger partial charge in [0.1, 0.15) is 23.3 Å². The summed E-state index contributed by atoms with van der Waals surface area (Å²) in [5, 5.41) is 3.17. The number of rotatable bonds is 5. The van der Waals surface area contributed by atoms with E-state index in [1.165, 1.54) is 22.5 Å². The van der Waals surface area contributed by atoms with Crippen LogP contribution < -0.4 is 16.0 Å². The van der Waals surface area contributed by atoms with Crippen molar-refractivity contribution < 1.29 is 12.8 Å². The van der Waals surface area contributed by atoms with Crippen LogP contribution in [0.5, 0.6) is 0 Å². The van der Waals surface area contributed by atoms with Crippen LogP contribution in [-0.4, -0.2) is 58.8 Å². The van der Waals surface area contributed by atoms with Crippen LogP contribution >= 0.6 is 0 Å². The molecule has 4 heterocycles. The maximum atomic E-state index is 13.1. The molecule has 33 heavy (non-hydrogen) atoms. The van der Waals surface area contributed by atoms with Crippen molar-refractivity contribution in [1.82, 2.24) is 24.2 Å². The predicted molar refractivity (Wildman–Crippen MR) is 122 cm³/mol. The minimum absolute atomic E-state index is 0.111. The molecule has 0 amide bonds. The highest BCUT2D eigenvalue weighted by Gasteiger charge is 2.29. The number of hydrogen-bond acceptors (Lipinski definition) is 9. The van der Waals surface area contributed by atoms with E-state index < -0.39 is 15.8 Å². The lowest BCUT2D eigenvalue weighted by Gasteiger charge is -2.34. The van der Waals surface area contributed by atoms with Gasteiger partial charge in [0, 0.05) is 38.4 Å². The van der Waals surface area contributed by atoms with Crippen LogP contribution in [-0.2, 0) is 10.0 Å². The number of piperazine rings is 1. The van der Waals surface area contributed by atoms with Crippen molar-refractivity contribution in [3.63, 3.8) is 0 Å². The standard InChI is InChI=1S/C21H21N7O4S/c1-14-23-19(26-18-4-2-3-7-22-18)13-20(24-14)27-8-10-28(11-9-27)33(30,31)15-5-6-17-16(12-15)25-21(29)32-17/h2-7,12-13H,8-11H2,1H3,(H,25,29)(H,22,23,24,26). The second kappa shape index (κ2) is 8.30. The summed E-state index contributed by atoms with van der Waals surface area (Å²) in [6, 6.07) is 11.7. The van der Waals surface area contributed by atoms with Gasteiger partial charge in [-0.25, -0.2) is 28.2 Å². The molecule has 0 bridgehead atoms. The molecular formula is C21H21N7O4S. The number of H-pyrrole nitrogens is 1. The SMILES string of the molecule is Cc1nc(Nc2ccccn2)cc(N2CCN(S(=O)(=O)c3ccc4oc(=O)[nH]c4c3)CC2)n1. The quantitative estimate of drug-likeness (QED) is 0.450. The molecule has 12 heteroatoms. The molecule has 1 saturated heterocycles. The smallest absolute Gasteiger partial charge is 0.408 e. The van der Waals surface area contributed by atoms with Crippen LogP contribution in [0.25, 0.3) is 11.1 Å². The summed E-state index contributed by atoms with van der Waals surface area (Å²) >= 11 is 0. The lowest BCUT2D eigenvalue weighted by Crippen LogP contribution is -2.49. The molecule has 1 aromatic carbocycles. The van der Waals surface area contributed by atoms with Crippen molar-refractivity contribution in [2.75, 3.05) is 36.4 Å². The van der Waals surface area contributed by atoms with Crippen LogP contribution in [0.1, 0.15) is 5.82 Å². The van der Waals surface area contributed by atoms with Gasteiger partial charge in [-0.15, -0.1) is 0 Å². The van der Waals surface area contributed by atoms with Crippen molar-refractivity contribution >= 4 is 38.6 Å². The fourth-order valence-electron chi connectivity index (χ4n) is 3.74. The first-order chi connectivity index (χ1) is 15.9. The molecule has 0 spiro atoms. The summed E-state index contributed by atoms with van der Waals surface area (Å²) in [6.45, 7) is 3.36. The summed E-state index contributed by atoms with van der Waals surface area (Å²) in [7, 11) is -3.72. The van der Waals surface area contributed by atoms with E-state index in [4.69, 9.17) is 4.42 Å². The molecule has 1 fully saturated rings. The van der Waals surface area contributed by atoms with E-state index in [1.54, 1.807) is 6.20 Å². The summed E-state index contributed by atoms with van der Waals surface area (Å²) in [4.78, 5) is 29.2. The Bertz CT molecular complexity index is 1460. The molecule has 0 unspecified atom stereocenters. The molecular weight excluding hydrogens is 446 g/mol. The van der Waals surface area contributed by atoms with Crippen LogP contribution in [0, 0.1) is 6.92 Å². The maximum absolute atomic E-state index is 13.1. The Balaban J connectivity index is 1.31. The molecule has 4 aromatic rings. The Morgan fingerprint density at radius 3 is 2.61 bits per heavy atom. The second-order valence-corrected chi connectivity index (χ2v) is 9.50. The predicted octanol–water partition coefficient (Wildman–Crippen LogP) is 1.87. The first-order valence-corrected chi connectivity index (χ1v) is 11.7. The van der Waals surface area contributed by atoms with Gasteiger partial charge in [0.15, 0.2) is 5.58 Å². The van der Waals surface area contributed by atoms with Gasteiger partial charge in [-0.05, 0) is 37.3 Å². The molecule has 0 aliphatic carbocycles. The highest BCUT2D eigenvalue weighted by atomic mass is 32.2. The number of nitrogens with one attached hydrogen (secondary N) is 2. The number of oxazole rings is 1. The Morgan fingerprint density at radius 1 is 1.03 bits per heavy atom. The lowest BCUT2D eigenvalue weighted by atomic mass is 10.3. The summed E-state index contributed by atoms with van der Waals surface area (Å²) in [5.74, 6) is 1.99. The molecule has 2 N–H and O–H groups in total. The maximum Gasteiger partial charge on any atom is 0.417 e. The molecule has 170 valence electrons. The number of anilines is 3. The summed E-state index contributed by atoms with van der Waals surface area (Å²) in [6.07, 6.45) is 1.69. The number of benzene rings is 1. The average Bonchev–Trinajstić information content (AvgIpc) is 3.19. The van der Waals surface area contributed by atoms with E-state index >= 15 is 0 Å². The Kier molecular flexibility index (Phi) is 5.30. The molecule has 1 aliphatic rings. The molecule has 0 atom stereocenters. The van der Waals surface area contributed by atoms with Crippen molar-refractivity contribution in [3.05, 3.63) is 65.0 Å². The van der Waals surface area contributed by atoms with Crippen LogP contribution in [0.4, 0.5) is 17.5 Å². The van der Waals surface area contributed by atoms with Crippen LogP contribution in [0.3, 0.4) is 0 Å². The van der Waals surface area contributed by atoms with Gasteiger partial charge in [-0.3, -0.25) is 4.98 Å². The van der Waals surface area contributed by atoms with Crippen molar-refractivity contribution in [2.24, 2.45) is 0 Å². The average molecular weight is 468 g/mol. The zero-order valence-electron chi connectivity index (χ0n) is 17.7. The fraction of sp³-hybridized carbons (Fsp3) is 0.238. The monoisotopic (exact) mass is 467 g/mol. The van der Waals surface area contributed by atoms with Gasteiger partial charge in [0.2, 0.25) is 10.0 Å². The number of fused-ring (bicyclic) bond motifs is 1. The minimum atomic E-state index is -3.72. The zero-order valence-corrected chi connectivity index (χ0v) is 18.5. The molecule has 0 saturated carbocycles. The summed E-state index contributed by atoms with van der Waals surface area (Å²) < 4.78 is 32.7. The Labute approximate surface area is 189 Å². The van der Waals surface area contributed by atoms with Crippen molar-refractivity contribution in [2.45, 2.75) is 11.8 Å². The van der Waals surface area contributed by atoms with Gasteiger partial charge in [-0.1, -0.05) is 6.07 Å². The van der Waals surface area contributed by atoms with E-state index in [0.29, 0.717) is 54.7 Å². The third kappa shape index (κ3) is 4.30. The number of hydrogen-bond donors (Lipinski definition) is 2. The molecule has 3 aromatic heterocycles. The van der Waals surface area contributed by atoms with Gasteiger partial charge in [0.05, 0.1) is 10.4 Å². The molecule has 11 nitrogen and oxygen atoms in total. The van der Waals surface area contributed by atoms with E-state index in [-0.39, 0.29) is 4.90 Å². The fourth-order valence-corrected chi connectivity index (χ4v) is 5.19. The van der Waals surface area contributed by atoms with Crippen LogP contribution in [0.15, 0.2) is 62.8 Å². The first kappa shape index (κ1) is 21.1. The Morgan fingerprint density at radius 2 is 1.85 bits per heavy atom. The molecule has 1 aliphatic heterocycles. The van der Waals surface area contributed by atoms with E-state index in [2.05, 4.69) is 25.3 Å². The van der Waals surface area contributed by atoms with Gasteiger partial charge in [-0.2, -0.15) is 4.31 Å². The van der Waals surface area contributed by atoms with E-state index in [9.17, 15) is 13.2 Å². The van der Waals surface area contributed by atoms with Gasteiger partial charge >= 0.3 is 5.76 Å². The van der Waals surface area contributed by atoms with Crippen LogP contribution in [0.2, 0.25) is 0 Å². The first-order valence-electron chi connectivity index (χ1n) is 10.3. The Hall–Kier alpha value is -3.77. The van der Waals surface area contributed by atoms with Crippen molar-refractivity contribution in [3.8, 4) is 0 Å². The van der Waals surface area contributed by atoms with Crippen molar-refractivity contribution in [1.29, 1.82) is 0 Å². The topological polar surface area (TPSA) is 137 Å². The number of aromatic nitrogens is 4. The number of pyridine rings is 1. The van der Waals surface area contributed by atoms with E-state index in [0.717, 1.165) is 5.82 Å². The number of nitrogens with zero attached hydrogens (tertiary/aromatic N) is 5. The minimum Gasteiger partial charge on any atom is -0.408 e. The van der Waals surface area contributed by atoms with Gasteiger partial charge < -0.3 is 14.6 Å². The largest absolute Gasteiger partial charge is 0.417 e. The highest BCUT2D eigenvalue weighted by Crippen LogP contribution is 2.24. The van der Waals surface area contributed by atoms with E-state index in [1.807, 2.05) is 36.1 Å². The summed E-state index contributed by atoms with van der Waals surface area (Å²) in [5.41, 5.74) is 0.669. The highest BCUT2D eigenvalue weighted by molar-refractivity contribution is 7.89. The number of aryl methyl sites for hydroxylation is 1. The zero-order chi connectivity index (χ0) is 23.0. The third-order valence-electron chi connectivity index (χ3n) is 5.34. The lowest BCUT2D eigenvalue weighted by molar-refractivity contribution is 0.383. The number of sulfonamides is 1.